The third-order valence-electron chi connectivity index (χ3n) is 5.28. The first-order valence-corrected chi connectivity index (χ1v) is 10.2. The zero-order valence-electron chi connectivity index (χ0n) is 16.3. The molecule has 0 bridgehead atoms. The van der Waals surface area contributed by atoms with Gasteiger partial charge in [0.15, 0.2) is 0 Å². The minimum Gasteiger partial charge on any atom is -0.388 e. The van der Waals surface area contributed by atoms with E-state index < -0.39 is 6.10 Å². The molecular weight excluding hydrogens is 378 g/mol. The number of hydrogen-bond acceptors (Lipinski definition) is 2. The van der Waals surface area contributed by atoms with Crippen LogP contribution in [0.4, 0.5) is 5.69 Å². The summed E-state index contributed by atoms with van der Waals surface area (Å²) in [4.78, 5) is 0. The Kier molecular flexibility index (Phi) is 5.84. The highest BCUT2D eigenvalue weighted by Crippen LogP contribution is 2.31. The van der Waals surface area contributed by atoms with Crippen molar-refractivity contribution in [1.82, 2.24) is 0 Å². The normalized spacial score (nSPS) is 13.2. The maximum Gasteiger partial charge on any atom is 0.0813 e. The molecule has 0 aliphatic carbocycles. The summed E-state index contributed by atoms with van der Waals surface area (Å²) in [6.07, 6.45) is -0.0185. The lowest BCUT2D eigenvalue weighted by Crippen LogP contribution is -2.15. The van der Waals surface area contributed by atoms with Crippen LogP contribution in [0.25, 0.3) is 10.8 Å². The topological polar surface area (TPSA) is 32.3 Å². The van der Waals surface area contributed by atoms with E-state index in [1.54, 1.807) is 0 Å². The molecule has 4 aromatic rings. The largest absolute Gasteiger partial charge is 0.388 e. The number of benzene rings is 4. The van der Waals surface area contributed by atoms with Crippen molar-refractivity contribution in [2.24, 2.45) is 0 Å². The van der Waals surface area contributed by atoms with Crippen molar-refractivity contribution < 1.29 is 5.11 Å². The van der Waals surface area contributed by atoms with Crippen molar-refractivity contribution in [3.8, 4) is 0 Å². The zero-order chi connectivity index (χ0) is 20.2. The van der Waals surface area contributed by atoms with Crippen LogP contribution in [0.15, 0.2) is 91.0 Å². The summed E-state index contributed by atoms with van der Waals surface area (Å²) in [7, 11) is 0. The van der Waals surface area contributed by atoms with Crippen LogP contribution in [0.1, 0.15) is 35.3 Å². The maximum atomic E-state index is 11.0. The van der Waals surface area contributed by atoms with Gasteiger partial charge in [-0.2, -0.15) is 0 Å². The molecule has 0 spiro atoms. The molecule has 0 radical (unpaired) electrons. The molecule has 2 nitrogen and oxygen atoms in total. The highest BCUT2D eigenvalue weighted by Gasteiger charge is 2.18. The predicted octanol–water partition coefficient (Wildman–Crippen LogP) is 7.08. The van der Waals surface area contributed by atoms with Gasteiger partial charge in [0.25, 0.3) is 0 Å². The lowest BCUT2D eigenvalue weighted by atomic mass is 9.94. The Balaban J connectivity index is 1.60. The summed E-state index contributed by atoms with van der Waals surface area (Å²) in [5.74, 6) is 0. The van der Waals surface area contributed by atoms with Crippen molar-refractivity contribution in [1.29, 1.82) is 0 Å². The van der Waals surface area contributed by atoms with Crippen LogP contribution in [-0.2, 0) is 0 Å². The average Bonchev–Trinajstić information content (AvgIpc) is 2.75. The first-order valence-electron chi connectivity index (χ1n) is 9.84. The Hall–Kier alpha value is -2.81. The fourth-order valence-electron chi connectivity index (χ4n) is 3.60. The van der Waals surface area contributed by atoms with Crippen LogP contribution >= 0.6 is 11.6 Å². The van der Waals surface area contributed by atoms with E-state index >= 15 is 0 Å². The van der Waals surface area contributed by atoms with E-state index in [4.69, 9.17) is 11.6 Å². The molecule has 0 aromatic heterocycles. The van der Waals surface area contributed by atoms with Crippen molar-refractivity contribution >= 4 is 28.1 Å². The van der Waals surface area contributed by atoms with E-state index in [2.05, 4.69) is 60.8 Å². The van der Waals surface area contributed by atoms with Gasteiger partial charge in [-0.15, -0.1) is 0 Å². The highest BCUT2D eigenvalue weighted by atomic mass is 35.5. The van der Waals surface area contributed by atoms with Gasteiger partial charge in [-0.05, 0) is 59.2 Å². The first-order chi connectivity index (χ1) is 14.1. The molecule has 0 amide bonds. The van der Waals surface area contributed by atoms with Gasteiger partial charge in [-0.3, -0.25) is 0 Å². The molecule has 3 heteroatoms. The van der Waals surface area contributed by atoms with Crippen molar-refractivity contribution in [3.63, 3.8) is 0 Å². The predicted molar refractivity (Wildman–Crippen MR) is 123 cm³/mol. The van der Waals surface area contributed by atoms with Crippen molar-refractivity contribution in [2.75, 3.05) is 5.32 Å². The molecule has 0 aliphatic rings. The summed E-state index contributed by atoms with van der Waals surface area (Å²) in [5.41, 5.74) is 4.27. The number of hydrogen-bond donors (Lipinski definition) is 2. The highest BCUT2D eigenvalue weighted by molar-refractivity contribution is 6.30. The van der Waals surface area contributed by atoms with Gasteiger partial charge in [-0.1, -0.05) is 77.8 Å². The molecule has 0 saturated carbocycles. The number of halogens is 1. The quantitative estimate of drug-likeness (QED) is 0.361. The Labute approximate surface area is 176 Å². The van der Waals surface area contributed by atoms with Crippen LogP contribution in [0.2, 0.25) is 5.02 Å². The monoisotopic (exact) mass is 401 g/mol. The van der Waals surface area contributed by atoms with Gasteiger partial charge in [0.2, 0.25) is 0 Å². The Morgan fingerprint density at radius 2 is 1.45 bits per heavy atom. The standard InChI is InChI=1S/C26H24ClNO/c1-18-6-8-20(9-7-18)25(28-24-14-12-23(27)13-15-24)17-26(29)22-11-10-19-4-2-3-5-21(19)16-22/h2-16,25-26,28-29H,17H2,1H3. The molecule has 146 valence electrons. The minimum absolute atomic E-state index is 0.0294. The lowest BCUT2D eigenvalue weighted by molar-refractivity contribution is 0.161. The average molecular weight is 402 g/mol. The third-order valence-corrected chi connectivity index (χ3v) is 5.53. The van der Waals surface area contributed by atoms with Gasteiger partial charge >= 0.3 is 0 Å². The van der Waals surface area contributed by atoms with Gasteiger partial charge < -0.3 is 10.4 Å². The number of aliphatic hydroxyl groups is 1. The minimum atomic E-state index is -0.578. The van der Waals surface area contributed by atoms with Gasteiger partial charge in [0, 0.05) is 17.1 Å². The Bertz CT molecular complexity index is 1090. The van der Waals surface area contributed by atoms with E-state index in [9.17, 15) is 5.11 Å². The summed E-state index contributed by atoms with van der Waals surface area (Å²) < 4.78 is 0. The van der Waals surface area contributed by atoms with Crippen molar-refractivity contribution in [2.45, 2.75) is 25.5 Å². The van der Waals surface area contributed by atoms with Gasteiger partial charge in [0.05, 0.1) is 12.1 Å². The van der Waals surface area contributed by atoms with Crippen LogP contribution in [0.3, 0.4) is 0 Å². The summed E-state index contributed by atoms with van der Waals surface area (Å²) >= 11 is 6.03. The van der Waals surface area contributed by atoms with Crippen LogP contribution in [0.5, 0.6) is 0 Å². The van der Waals surface area contributed by atoms with Crippen LogP contribution in [0, 0.1) is 6.92 Å². The third kappa shape index (κ3) is 4.79. The number of aliphatic hydroxyl groups excluding tert-OH is 1. The molecule has 0 aliphatic heterocycles. The molecule has 2 N–H and O–H groups in total. The molecule has 4 aromatic carbocycles. The van der Waals surface area contributed by atoms with Crippen molar-refractivity contribution in [3.05, 3.63) is 113 Å². The number of fused-ring (bicyclic) bond motifs is 1. The molecule has 2 unspecified atom stereocenters. The SMILES string of the molecule is Cc1ccc(C(CC(O)c2ccc3ccccc3c2)Nc2ccc(Cl)cc2)cc1. The fourth-order valence-corrected chi connectivity index (χ4v) is 3.72. The second-order valence-corrected chi connectivity index (χ2v) is 7.91. The number of rotatable bonds is 6. The van der Waals surface area contributed by atoms with Crippen LogP contribution < -0.4 is 5.32 Å². The molecule has 4 rings (SSSR count). The van der Waals surface area contributed by atoms with Crippen LogP contribution in [-0.4, -0.2) is 5.11 Å². The summed E-state index contributed by atoms with van der Waals surface area (Å²) in [6, 6.07) is 30.5. The van der Waals surface area contributed by atoms with E-state index in [1.165, 1.54) is 10.9 Å². The number of nitrogens with one attached hydrogen (secondary N) is 1. The molecular formula is C26H24ClNO. The Morgan fingerprint density at radius 1 is 0.793 bits per heavy atom. The fraction of sp³-hybridized carbons (Fsp3) is 0.154. The molecule has 2 atom stereocenters. The van der Waals surface area contributed by atoms with E-state index in [0.29, 0.717) is 11.4 Å². The first kappa shape index (κ1) is 19.5. The van der Waals surface area contributed by atoms with E-state index in [-0.39, 0.29) is 6.04 Å². The molecule has 0 saturated heterocycles. The second kappa shape index (κ2) is 8.69. The number of aryl methyl sites for hydroxylation is 1. The molecule has 29 heavy (non-hydrogen) atoms. The molecule has 0 fully saturated rings. The van der Waals surface area contributed by atoms with Gasteiger partial charge in [-0.25, -0.2) is 0 Å². The zero-order valence-corrected chi connectivity index (χ0v) is 17.1. The van der Waals surface area contributed by atoms with Gasteiger partial charge in [0.1, 0.15) is 0 Å². The lowest BCUT2D eigenvalue weighted by Gasteiger charge is -2.24. The summed E-state index contributed by atoms with van der Waals surface area (Å²) in [5, 5.41) is 17.6. The van der Waals surface area contributed by atoms with E-state index in [1.807, 2.05) is 42.5 Å². The summed E-state index contributed by atoms with van der Waals surface area (Å²) in [6.45, 7) is 2.08. The maximum absolute atomic E-state index is 11.0. The molecule has 0 heterocycles. The second-order valence-electron chi connectivity index (χ2n) is 7.47. The number of anilines is 1. The van der Waals surface area contributed by atoms with E-state index in [0.717, 1.165) is 22.2 Å². The smallest absolute Gasteiger partial charge is 0.0813 e. The Morgan fingerprint density at radius 3 is 2.17 bits per heavy atom.